The Balaban J connectivity index is 1.23. The Morgan fingerprint density at radius 3 is 2.63 bits per heavy atom. The molecule has 2 heterocycles. The maximum absolute atomic E-state index is 13.9. The minimum Gasteiger partial charge on any atom is -0.365 e. The van der Waals surface area contributed by atoms with Crippen molar-refractivity contribution in [3.8, 4) is 0 Å². The molecule has 0 spiro atoms. The molecule has 0 radical (unpaired) electrons. The zero-order chi connectivity index (χ0) is 21.1. The zero-order valence-electron chi connectivity index (χ0n) is 17.7. The molecule has 2 aliphatic heterocycles. The highest BCUT2D eigenvalue weighted by molar-refractivity contribution is 5.94. The topological polar surface area (TPSA) is 61.9 Å². The highest BCUT2D eigenvalue weighted by Crippen LogP contribution is 2.31. The van der Waals surface area contributed by atoms with Crippen molar-refractivity contribution in [2.24, 2.45) is 11.8 Å². The van der Waals surface area contributed by atoms with Gasteiger partial charge >= 0.3 is 0 Å². The Morgan fingerprint density at radius 2 is 1.90 bits per heavy atom. The lowest BCUT2D eigenvalue weighted by Crippen LogP contribution is -2.52. The first-order valence-corrected chi connectivity index (χ1v) is 11.1. The average molecular weight is 418 g/mol. The van der Waals surface area contributed by atoms with Crippen LogP contribution in [0.3, 0.4) is 0 Å². The number of nitrogens with zero attached hydrogens (tertiary/aromatic N) is 2. The Hall–Kier alpha value is -1.99. The van der Waals surface area contributed by atoms with Crippen molar-refractivity contribution in [3.05, 3.63) is 35.1 Å². The normalized spacial score (nSPS) is 23.6. The second kappa shape index (κ2) is 9.43. The molecule has 1 aliphatic carbocycles. The summed E-state index contributed by atoms with van der Waals surface area (Å²) >= 11 is 0. The zero-order valence-corrected chi connectivity index (χ0v) is 17.7. The number of aryl methyl sites for hydroxylation is 1. The van der Waals surface area contributed by atoms with Crippen LogP contribution in [0.4, 0.5) is 4.39 Å². The molecular weight excluding hydrogens is 385 g/mol. The fraction of sp³-hybridized carbons (Fsp3) is 0.652. The molecule has 1 saturated carbocycles. The first-order valence-electron chi connectivity index (χ1n) is 11.1. The van der Waals surface area contributed by atoms with Crippen molar-refractivity contribution in [1.82, 2.24) is 15.1 Å². The third-order valence-corrected chi connectivity index (χ3v) is 6.48. The van der Waals surface area contributed by atoms with Crippen LogP contribution in [0.5, 0.6) is 0 Å². The summed E-state index contributed by atoms with van der Waals surface area (Å²) in [7, 11) is 0. The van der Waals surface area contributed by atoms with Crippen LogP contribution in [0, 0.1) is 24.6 Å². The van der Waals surface area contributed by atoms with E-state index in [0.29, 0.717) is 12.5 Å². The monoisotopic (exact) mass is 417 g/mol. The summed E-state index contributed by atoms with van der Waals surface area (Å²) in [5.41, 5.74) is 0.868. The molecule has 3 fully saturated rings. The molecule has 164 valence electrons. The van der Waals surface area contributed by atoms with E-state index in [2.05, 4.69) is 10.2 Å². The van der Waals surface area contributed by atoms with E-state index in [9.17, 15) is 14.0 Å². The molecule has 0 aromatic heterocycles. The summed E-state index contributed by atoms with van der Waals surface area (Å²) in [6.07, 6.45) is 4.76. The first kappa shape index (κ1) is 21.2. The number of piperidine rings is 1. The van der Waals surface area contributed by atoms with E-state index in [4.69, 9.17) is 4.74 Å². The van der Waals surface area contributed by atoms with Crippen LogP contribution in [-0.4, -0.2) is 73.6 Å². The maximum atomic E-state index is 13.9. The standard InChI is InChI=1S/C23H32FN3O3/c1-16-2-5-21(24)20(10-16)23(29)25-11-19-14-27(22(28)15-30-19)13-18-6-8-26(9-7-18)12-17-3-4-17/h2,5,10,17-19H,3-4,6-9,11-15H2,1H3,(H,25,29). The van der Waals surface area contributed by atoms with E-state index in [1.165, 1.54) is 31.5 Å². The third-order valence-electron chi connectivity index (χ3n) is 6.48. The number of hydrogen-bond acceptors (Lipinski definition) is 4. The van der Waals surface area contributed by atoms with Crippen LogP contribution in [0.1, 0.15) is 41.6 Å². The molecule has 30 heavy (non-hydrogen) atoms. The van der Waals surface area contributed by atoms with Crippen molar-refractivity contribution < 1.29 is 18.7 Å². The number of morpholine rings is 1. The Morgan fingerprint density at radius 1 is 1.17 bits per heavy atom. The van der Waals surface area contributed by atoms with Crippen LogP contribution >= 0.6 is 0 Å². The van der Waals surface area contributed by atoms with Crippen LogP contribution in [0.25, 0.3) is 0 Å². The average Bonchev–Trinajstić information content (AvgIpc) is 3.55. The first-order chi connectivity index (χ1) is 14.5. The summed E-state index contributed by atoms with van der Waals surface area (Å²) in [5, 5.41) is 2.76. The van der Waals surface area contributed by atoms with Gasteiger partial charge in [-0.2, -0.15) is 0 Å². The number of halogens is 1. The van der Waals surface area contributed by atoms with Crippen LogP contribution < -0.4 is 5.32 Å². The Kier molecular flexibility index (Phi) is 6.68. The van der Waals surface area contributed by atoms with Crippen molar-refractivity contribution in [1.29, 1.82) is 0 Å². The van der Waals surface area contributed by atoms with Gasteiger partial charge in [-0.25, -0.2) is 4.39 Å². The minimum atomic E-state index is -0.535. The van der Waals surface area contributed by atoms with Crippen molar-refractivity contribution in [2.75, 3.05) is 45.9 Å². The maximum Gasteiger partial charge on any atom is 0.254 e. The van der Waals surface area contributed by atoms with E-state index in [0.717, 1.165) is 44.0 Å². The summed E-state index contributed by atoms with van der Waals surface area (Å²) in [6, 6.07) is 4.48. The van der Waals surface area contributed by atoms with Gasteiger partial charge < -0.3 is 19.9 Å². The number of amides is 2. The molecule has 1 unspecified atom stereocenters. The van der Waals surface area contributed by atoms with Gasteiger partial charge in [-0.05, 0) is 69.7 Å². The molecule has 1 N–H and O–H groups in total. The molecule has 1 atom stereocenters. The number of ether oxygens (including phenoxy) is 1. The Labute approximate surface area is 177 Å². The fourth-order valence-electron chi connectivity index (χ4n) is 4.42. The molecule has 6 nitrogen and oxygen atoms in total. The highest BCUT2D eigenvalue weighted by Gasteiger charge is 2.31. The lowest BCUT2D eigenvalue weighted by Gasteiger charge is -2.38. The molecule has 1 aromatic rings. The van der Waals surface area contributed by atoms with E-state index >= 15 is 0 Å². The van der Waals surface area contributed by atoms with E-state index in [1.54, 1.807) is 6.07 Å². The SMILES string of the molecule is Cc1ccc(F)c(C(=O)NCC2CN(CC3CCN(CC4CC4)CC3)C(=O)CO2)c1. The minimum absolute atomic E-state index is 0.0164. The number of carbonyl (C=O) groups is 2. The van der Waals surface area contributed by atoms with Crippen molar-refractivity contribution in [2.45, 2.75) is 38.7 Å². The third kappa shape index (κ3) is 5.58. The molecule has 2 amide bonds. The van der Waals surface area contributed by atoms with Crippen LogP contribution in [0.15, 0.2) is 18.2 Å². The Bertz CT molecular complexity index is 775. The summed E-state index contributed by atoms with van der Waals surface area (Å²) in [5.74, 6) is 0.479. The van der Waals surface area contributed by atoms with Gasteiger partial charge in [0.1, 0.15) is 12.4 Å². The molecule has 1 aromatic carbocycles. The van der Waals surface area contributed by atoms with Gasteiger partial charge in [-0.15, -0.1) is 0 Å². The van der Waals surface area contributed by atoms with E-state index in [1.807, 2.05) is 11.8 Å². The second-order valence-corrected chi connectivity index (χ2v) is 9.11. The summed E-state index contributed by atoms with van der Waals surface area (Å²) in [4.78, 5) is 29.1. The second-order valence-electron chi connectivity index (χ2n) is 9.11. The number of carbonyl (C=O) groups excluding carboxylic acids is 2. The van der Waals surface area contributed by atoms with Gasteiger partial charge in [0.15, 0.2) is 0 Å². The molecule has 2 saturated heterocycles. The van der Waals surface area contributed by atoms with Gasteiger partial charge in [-0.1, -0.05) is 11.6 Å². The number of hydrogen-bond donors (Lipinski definition) is 1. The number of benzene rings is 1. The van der Waals surface area contributed by atoms with E-state index < -0.39 is 11.7 Å². The van der Waals surface area contributed by atoms with Gasteiger partial charge in [0.2, 0.25) is 5.91 Å². The van der Waals surface area contributed by atoms with Crippen LogP contribution in [0.2, 0.25) is 0 Å². The molecular formula is C23H32FN3O3. The predicted octanol–water partition coefficient (Wildman–Crippen LogP) is 2.21. The molecule has 7 heteroatoms. The van der Waals surface area contributed by atoms with Crippen LogP contribution in [-0.2, 0) is 9.53 Å². The number of likely N-dealkylation sites (tertiary alicyclic amines) is 1. The number of rotatable bonds is 7. The van der Waals surface area contributed by atoms with Crippen molar-refractivity contribution in [3.63, 3.8) is 0 Å². The van der Waals surface area contributed by atoms with E-state index in [-0.39, 0.29) is 30.7 Å². The van der Waals surface area contributed by atoms with Crippen molar-refractivity contribution >= 4 is 11.8 Å². The fourth-order valence-corrected chi connectivity index (χ4v) is 4.42. The predicted molar refractivity (Wildman–Crippen MR) is 112 cm³/mol. The highest BCUT2D eigenvalue weighted by atomic mass is 19.1. The summed E-state index contributed by atoms with van der Waals surface area (Å²) < 4.78 is 19.5. The number of nitrogens with one attached hydrogen (secondary N) is 1. The largest absolute Gasteiger partial charge is 0.365 e. The van der Waals surface area contributed by atoms with Gasteiger partial charge in [0.05, 0.1) is 11.7 Å². The molecule has 4 rings (SSSR count). The van der Waals surface area contributed by atoms with Gasteiger partial charge in [-0.3, -0.25) is 9.59 Å². The quantitative estimate of drug-likeness (QED) is 0.739. The molecule has 3 aliphatic rings. The molecule has 0 bridgehead atoms. The lowest BCUT2D eigenvalue weighted by atomic mass is 9.95. The summed E-state index contributed by atoms with van der Waals surface area (Å²) in [6.45, 7) is 6.85. The lowest BCUT2D eigenvalue weighted by molar-refractivity contribution is -0.149. The van der Waals surface area contributed by atoms with Gasteiger partial charge in [0.25, 0.3) is 5.91 Å². The smallest absolute Gasteiger partial charge is 0.254 e. The van der Waals surface area contributed by atoms with Gasteiger partial charge in [0, 0.05) is 26.2 Å².